The van der Waals surface area contributed by atoms with E-state index in [0.717, 1.165) is 9.99 Å². The summed E-state index contributed by atoms with van der Waals surface area (Å²) in [5, 5.41) is 0. The lowest BCUT2D eigenvalue weighted by atomic mass is 10.2. The summed E-state index contributed by atoms with van der Waals surface area (Å²) in [6, 6.07) is 3.60. The number of fused-ring (bicyclic) bond motifs is 1. The summed E-state index contributed by atoms with van der Waals surface area (Å²) < 4.78 is 10.3. The molecule has 2 aromatic rings. The third-order valence-electron chi connectivity index (χ3n) is 2.27. The first-order valence-electron chi connectivity index (χ1n) is 6.37. The molecular weight excluding hydrogens is 352 g/mol. The lowest BCUT2D eigenvalue weighted by Crippen LogP contribution is -2.27. The van der Waals surface area contributed by atoms with Crippen LogP contribution in [-0.4, -0.2) is 28.8 Å². The average molecular weight is 371 g/mol. The first-order chi connectivity index (χ1) is 10.1. The monoisotopic (exact) mass is 370 g/mol. The molecular formula is C14H19BrN4O3. The van der Waals surface area contributed by atoms with Crippen molar-refractivity contribution in [1.29, 1.82) is 0 Å². The van der Waals surface area contributed by atoms with Crippen molar-refractivity contribution in [2.75, 3.05) is 12.8 Å². The number of rotatable bonds is 1. The Morgan fingerprint density at radius 3 is 2.41 bits per heavy atom. The minimum absolute atomic E-state index is 0.453. The van der Waals surface area contributed by atoms with Crippen molar-refractivity contribution < 1.29 is 14.3 Å². The van der Waals surface area contributed by atoms with Crippen molar-refractivity contribution in [3.63, 3.8) is 0 Å². The topological polar surface area (TPSA) is 113 Å². The molecule has 8 heteroatoms. The van der Waals surface area contributed by atoms with Gasteiger partial charge in [0, 0.05) is 6.07 Å². The van der Waals surface area contributed by atoms with Gasteiger partial charge in [0.2, 0.25) is 5.88 Å². The van der Waals surface area contributed by atoms with Crippen LogP contribution in [0.5, 0.6) is 5.88 Å². The zero-order valence-electron chi connectivity index (χ0n) is 12.9. The van der Waals surface area contributed by atoms with Crippen LogP contribution >= 0.6 is 15.9 Å². The first-order valence-corrected chi connectivity index (χ1v) is 7.16. The van der Waals surface area contributed by atoms with Gasteiger partial charge in [-0.15, -0.1) is 0 Å². The van der Waals surface area contributed by atoms with Crippen LogP contribution in [0.1, 0.15) is 20.8 Å². The summed E-state index contributed by atoms with van der Waals surface area (Å²) in [7, 11) is 1.57. The van der Waals surface area contributed by atoms with Crippen molar-refractivity contribution >= 4 is 38.7 Å². The molecule has 22 heavy (non-hydrogen) atoms. The van der Waals surface area contributed by atoms with Gasteiger partial charge in [0.15, 0.2) is 0 Å². The van der Waals surface area contributed by atoms with Crippen LogP contribution in [0.15, 0.2) is 22.8 Å². The highest BCUT2D eigenvalue weighted by Gasteiger charge is 2.12. The fourth-order valence-corrected chi connectivity index (χ4v) is 1.84. The van der Waals surface area contributed by atoms with E-state index in [0.29, 0.717) is 17.1 Å². The lowest BCUT2D eigenvalue weighted by Gasteiger charge is -2.16. The van der Waals surface area contributed by atoms with Crippen molar-refractivity contribution in [2.24, 2.45) is 5.73 Å². The molecule has 0 fully saturated rings. The Morgan fingerprint density at radius 1 is 1.32 bits per heavy atom. The summed E-state index contributed by atoms with van der Waals surface area (Å²) >= 11 is 3.36. The van der Waals surface area contributed by atoms with Crippen molar-refractivity contribution in [3.8, 4) is 5.88 Å². The zero-order chi connectivity index (χ0) is 16.9. The SMILES string of the molecule is CC(C)(C)OC(N)=O.COc1ccc2ncc(N)c(Br)c2n1. The molecule has 0 aliphatic carbocycles. The number of amides is 1. The maximum Gasteiger partial charge on any atom is 0.405 e. The molecule has 0 saturated carbocycles. The summed E-state index contributed by atoms with van der Waals surface area (Å²) in [4.78, 5) is 18.4. The predicted molar refractivity (Wildman–Crippen MR) is 88.6 cm³/mol. The minimum atomic E-state index is -0.725. The maximum absolute atomic E-state index is 10.0. The highest BCUT2D eigenvalue weighted by atomic mass is 79.9. The molecule has 0 saturated heterocycles. The molecule has 7 nitrogen and oxygen atoms in total. The van der Waals surface area contributed by atoms with E-state index in [4.69, 9.17) is 16.2 Å². The highest BCUT2D eigenvalue weighted by Crippen LogP contribution is 2.27. The fourth-order valence-electron chi connectivity index (χ4n) is 1.45. The molecule has 0 unspecified atom stereocenters. The minimum Gasteiger partial charge on any atom is -0.481 e. The number of methoxy groups -OCH3 is 1. The smallest absolute Gasteiger partial charge is 0.405 e. The van der Waals surface area contributed by atoms with Crippen molar-refractivity contribution in [2.45, 2.75) is 26.4 Å². The van der Waals surface area contributed by atoms with Gasteiger partial charge in [0.1, 0.15) is 11.1 Å². The van der Waals surface area contributed by atoms with Crippen LogP contribution in [0.3, 0.4) is 0 Å². The van der Waals surface area contributed by atoms with E-state index in [1.54, 1.807) is 40.1 Å². The van der Waals surface area contributed by atoms with Crippen molar-refractivity contribution in [3.05, 3.63) is 22.8 Å². The number of hydrogen-bond acceptors (Lipinski definition) is 6. The summed E-state index contributed by atoms with van der Waals surface area (Å²) in [5.41, 5.74) is 12.0. The Balaban J connectivity index is 0.000000261. The first kappa shape index (κ1) is 18.0. The number of halogens is 1. The van der Waals surface area contributed by atoms with Gasteiger partial charge in [0.25, 0.3) is 0 Å². The van der Waals surface area contributed by atoms with Gasteiger partial charge in [0.05, 0.1) is 29.0 Å². The molecule has 0 bridgehead atoms. The van der Waals surface area contributed by atoms with E-state index in [2.05, 4.69) is 30.6 Å². The number of primary amides is 1. The van der Waals surface area contributed by atoms with Gasteiger partial charge in [-0.05, 0) is 42.8 Å². The predicted octanol–water partition coefficient (Wildman–Crippen LogP) is 2.86. The summed E-state index contributed by atoms with van der Waals surface area (Å²) in [6.07, 6.45) is 0.873. The quantitative estimate of drug-likeness (QED) is 0.797. The van der Waals surface area contributed by atoms with Crippen LogP contribution in [0.4, 0.5) is 10.5 Å². The second kappa shape index (κ2) is 7.26. The average Bonchev–Trinajstić information content (AvgIpc) is 2.40. The third kappa shape index (κ3) is 5.36. The van der Waals surface area contributed by atoms with E-state index in [-0.39, 0.29) is 0 Å². The Bertz CT molecular complexity index is 671. The highest BCUT2D eigenvalue weighted by molar-refractivity contribution is 9.10. The lowest BCUT2D eigenvalue weighted by molar-refractivity contribution is 0.0600. The van der Waals surface area contributed by atoms with Crippen LogP contribution in [0.25, 0.3) is 11.0 Å². The number of pyridine rings is 2. The van der Waals surface area contributed by atoms with E-state index >= 15 is 0 Å². The van der Waals surface area contributed by atoms with Gasteiger partial charge in [-0.1, -0.05) is 0 Å². The van der Waals surface area contributed by atoms with E-state index in [9.17, 15) is 4.79 Å². The molecule has 2 heterocycles. The number of carbonyl (C=O) groups is 1. The summed E-state index contributed by atoms with van der Waals surface area (Å²) in [5.74, 6) is 0.547. The van der Waals surface area contributed by atoms with Gasteiger partial charge in [-0.25, -0.2) is 9.78 Å². The standard InChI is InChI=1S/C9H8BrN3O.C5H11NO2/c1-14-7-3-2-6-9(13-7)8(10)5(11)4-12-6;1-5(2,3)8-4(6)7/h2-4H,11H2,1H3;1-3H3,(H2,6,7). The number of nitrogens with zero attached hydrogens (tertiary/aromatic N) is 2. The molecule has 2 aromatic heterocycles. The molecule has 0 atom stereocenters. The largest absolute Gasteiger partial charge is 0.481 e. The molecule has 120 valence electrons. The molecule has 2 rings (SSSR count). The number of nitrogen functional groups attached to an aromatic ring is 1. The second-order valence-corrected chi connectivity index (χ2v) is 6.08. The molecule has 0 aliphatic heterocycles. The normalized spacial score (nSPS) is 10.6. The number of carbonyl (C=O) groups excluding carboxylic acids is 1. The number of aromatic nitrogens is 2. The van der Waals surface area contributed by atoms with Crippen LogP contribution in [0, 0.1) is 0 Å². The molecule has 0 aromatic carbocycles. The van der Waals surface area contributed by atoms with E-state index < -0.39 is 11.7 Å². The van der Waals surface area contributed by atoms with Gasteiger partial charge >= 0.3 is 6.09 Å². The Morgan fingerprint density at radius 2 is 1.95 bits per heavy atom. The zero-order valence-corrected chi connectivity index (χ0v) is 14.5. The van der Waals surface area contributed by atoms with E-state index in [1.165, 1.54) is 0 Å². The third-order valence-corrected chi connectivity index (χ3v) is 3.10. The second-order valence-electron chi connectivity index (χ2n) is 5.28. The Hall–Kier alpha value is -2.09. The number of ether oxygens (including phenoxy) is 2. The van der Waals surface area contributed by atoms with Gasteiger partial charge in [-0.3, -0.25) is 4.98 Å². The molecule has 1 amide bonds. The van der Waals surface area contributed by atoms with E-state index in [1.807, 2.05) is 6.07 Å². The number of nitrogens with two attached hydrogens (primary N) is 2. The number of hydrogen-bond donors (Lipinski definition) is 2. The van der Waals surface area contributed by atoms with Gasteiger partial charge in [-0.2, -0.15) is 0 Å². The fraction of sp³-hybridized carbons (Fsp3) is 0.357. The maximum atomic E-state index is 10.0. The van der Waals surface area contributed by atoms with Crippen LogP contribution in [-0.2, 0) is 4.74 Å². The Kier molecular flexibility index (Phi) is 5.92. The molecule has 0 aliphatic rings. The molecule has 0 radical (unpaired) electrons. The Labute approximate surface area is 137 Å². The molecule has 4 N–H and O–H groups in total. The molecule has 0 spiro atoms. The van der Waals surface area contributed by atoms with Crippen LogP contribution in [0.2, 0.25) is 0 Å². The number of anilines is 1. The summed E-state index contributed by atoms with van der Waals surface area (Å²) in [6.45, 7) is 5.28. The van der Waals surface area contributed by atoms with Crippen molar-refractivity contribution in [1.82, 2.24) is 9.97 Å². The van der Waals surface area contributed by atoms with Gasteiger partial charge < -0.3 is 20.9 Å². The van der Waals surface area contributed by atoms with Crippen LogP contribution < -0.4 is 16.2 Å².